The summed E-state index contributed by atoms with van der Waals surface area (Å²) in [5.41, 5.74) is 3.05. The monoisotopic (exact) mass is 258 g/mol. The number of ketones is 1. The van der Waals surface area contributed by atoms with Gasteiger partial charge in [-0.15, -0.1) is 0 Å². The summed E-state index contributed by atoms with van der Waals surface area (Å²) in [4.78, 5) is 12.6. The minimum Gasteiger partial charge on any atom is -0.481 e. The van der Waals surface area contributed by atoms with E-state index in [1.54, 1.807) is 18.8 Å². The van der Waals surface area contributed by atoms with E-state index in [4.69, 9.17) is 4.74 Å². The summed E-state index contributed by atoms with van der Waals surface area (Å²) in [5.74, 6) is 0.460. The number of aryl methyl sites for hydroxylation is 3. The maximum Gasteiger partial charge on any atom is 0.223 e. The van der Waals surface area contributed by atoms with Crippen LogP contribution in [0.25, 0.3) is 0 Å². The number of ether oxygens (including phenoxy) is 1. The molecule has 0 saturated heterocycles. The summed E-state index contributed by atoms with van der Waals surface area (Å²) in [5, 5.41) is 4.24. The molecule has 0 aliphatic carbocycles. The zero-order valence-electron chi connectivity index (χ0n) is 11.7. The third-order valence-corrected chi connectivity index (χ3v) is 3.19. The first-order valence-corrected chi connectivity index (χ1v) is 6.29. The van der Waals surface area contributed by atoms with Gasteiger partial charge in [-0.1, -0.05) is 25.1 Å². The van der Waals surface area contributed by atoms with Crippen molar-refractivity contribution >= 4 is 5.78 Å². The number of nitrogens with zero attached hydrogens (tertiary/aromatic N) is 2. The minimum absolute atomic E-state index is 0.0437. The van der Waals surface area contributed by atoms with Gasteiger partial charge in [-0.2, -0.15) is 5.10 Å². The van der Waals surface area contributed by atoms with E-state index in [-0.39, 0.29) is 5.78 Å². The topological polar surface area (TPSA) is 44.1 Å². The van der Waals surface area contributed by atoms with Gasteiger partial charge in [-0.25, -0.2) is 4.68 Å². The van der Waals surface area contributed by atoms with Crippen LogP contribution in [-0.4, -0.2) is 22.7 Å². The largest absolute Gasteiger partial charge is 0.481 e. The molecule has 1 aromatic heterocycles. The molecule has 0 atom stereocenters. The van der Waals surface area contributed by atoms with Crippen LogP contribution in [0.3, 0.4) is 0 Å². The molecule has 0 unspecified atom stereocenters. The number of carbonyl (C=O) groups is 1. The van der Waals surface area contributed by atoms with Crippen molar-refractivity contribution in [3.05, 3.63) is 46.6 Å². The standard InChI is InChI=1S/C15H18N2O2/c1-5-11-7-6-8-12(9-11)14(18)13-10(2)16-17(3)15(13)19-4/h6-9H,5H2,1-4H3. The molecule has 4 nitrogen and oxygen atoms in total. The molecule has 0 fully saturated rings. The Bertz CT molecular complexity index is 615. The molecule has 100 valence electrons. The molecule has 0 saturated carbocycles. The van der Waals surface area contributed by atoms with Gasteiger partial charge in [0.2, 0.25) is 5.88 Å². The highest BCUT2D eigenvalue weighted by Gasteiger charge is 2.22. The lowest BCUT2D eigenvalue weighted by Crippen LogP contribution is -2.05. The van der Waals surface area contributed by atoms with E-state index in [1.165, 1.54) is 0 Å². The molecule has 0 N–H and O–H groups in total. The van der Waals surface area contributed by atoms with Crippen molar-refractivity contribution in [2.75, 3.05) is 7.11 Å². The van der Waals surface area contributed by atoms with Crippen molar-refractivity contribution in [2.24, 2.45) is 7.05 Å². The Balaban J connectivity index is 2.49. The molecule has 1 heterocycles. The Hall–Kier alpha value is -2.10. The van der Waals surface area contributed by atoms with E-state index in [1.807, 2.05) is 31.2 Å². The lowest BCUT2D eigenvalue weighted by Gasteiger charge is -2.05. The normalized spacial score (nSPS) is 10.5. The van der Waals surface area contributed by atoms with Gasteiger partial charge in [-0.05, 0) is 25.0 Å². The fraction of sp³-hybridized carbons (Fsp3) is 0.333. The van der Waals surface area contributed by atoms with Gasteiger partial charge < -0.3 is 4.74 Å². The highest BCUT2D eigenvalue weighted by atomic mass is 16.5. The first-order valence-electron chi connectivity index (χ1n) is 6.29. The fourth-order valence-electron chi connectivity index (χ4n) is 2.21. The zero-order valence-corrected chi connectivity index (χ0v) is 11.7. The first kappa shape index (κ1) is 13.3. The van der Waals surface area contributed by atoms with Crippen molar-refractivity contribution in [1.82, 2.24) is 9.78 Å². The molecule has 0 spiro atoms. The van der Waals surface area contributed by atoms with Gasteiger partial charge in [0, 0.05) is 12.6 Å². The Kier molecular flexibility index (Phi) is 3.69. The van der Waals surface area contributed by atoms with Crippen LogP contribution in [0, 0.1) is 6.92 Å². The lowest BCUT2D eigenvalue weighted by molar-refractivity contribution is 0.103. The van der Waals surface area contributed by atoms with Crippen LogP contribution in [-0.2, 0) is 13.5 Å². The summed E-state index contributed by atoms with van der Waals surface area (Å²) < 4.78 is 6.87. The number of hydrogen-bond acceptors (Lipinski definition) is 3. The van der Waals surface area contributed by atoms with Crippen LogP contribution in [0.4, 0.5) is 0 Å². The highest BCUT2D eigenvalue weighted by Crippen LogP contribution is 2.24. The predicted octanol–water partition coefficient (Wildman–Crippen LogP) is 2.53. The van der Waals surface area contributed by atoms with Gasteiger partial charge in [0.25, 0.3) is 0 Å². The van der Waals surface area contributed by atoms with E-state index in [0.717, 1.165) is 12.0 Å². The van der Waals surface area contributed by atoms with E-state index in [0.29, 0.717) is 22.7 Å². The summed E-state index contributed by atoms with van der Waals surface area (Å²) >= 11 is 0. The molecule has 19 heavy (non-hydrogen) atoms. The quantitative estimate of drug-likeness (QED) is 0.791. The number of rotatable bonds is 4. The van der Waals surface area contributed by atoms with Crippen molar-refractivity contribution < 1.29 is 9.53 Å². The maximum absolute atomic E-state index is 12.6. The number of benzene rings is 1. The van der Waals surface area contributed by atoms with Crippen molar-refractivity contribution in [1.29, 1.82) is 0 Å². The van der Waals surface area contributed by atoms with E-state index in [2.05, 4.69) is 12.0 Å². The third-order valence-electron chi connectivity index (χ3n) is 3.19. The Morgan fingerprint density at radius 3 is 2.79 bits per heavy atom. The summed E-state index contributed by atoms with van der Waals surface area (Å²) in [6.07, 6.45) is 0.907. The molecule has 1 aromatic carbocycles. The van der Waals surface area contributed by atoms with Gasteiger partial charge in [0.15, 0.2) is 5.78 Å². The third kappa shape index (κ3) is 2.38. The van der Waals surface area contributed by atoms with Gasteiger partial charge >= 0.3 is 0 Å². The molecular weight excluding hydrogens is 240 g/mol. The smallest absolute Gasteiger partial charge is 0.223 e. The predicted molar refractivity (Wildman–Crippen MR) is 73.7 cm³/mol. The number of methoxy groups -OCH3 is 1. The van der Waals surface area contributed by atoms with Crippen LogP contribution in [0.15, 0.2) is 24.3 Å². The van der Waals surface area contributed by atoms with Crippen molar-refractivity contribution in [2.45, 2.75) is 20.3 Å². The summed E-state index contributed by atoms with van der Waals surface area (Å²) in [6.45, 7) is 3.89. The highest BCUT2D eigenvalue weighted by molar-refractivity contribution is 6.11. The fourth-order valence-corrected chi connectivity index (χ4v) is 2.21. The molecule has 0 radical (unpaired) electrons. The van der Waals surface area contributed by atoms with Crippen LogP contribution >= 0.6 is 0 Å². The van der Waals surface area contributed by atoms with E-state index >= 15 is 0 Å². The maximum atomic E-state index is 12.6. The second kappa shape index (κ2) is 5.26. The molecule has 0 amide bonds. The number of carbonyl (C=O) groups excluding carboxylic acids is 1. The number of hydrogen-bond donors (Lipinski definition) is 0. The molecular formula is C15H18N2O2. The molecule has 4 heteroatoms. The van der Waals surface area contributed by atoms with Gasteiger partial charge in [-0.3, -0.25) is 4.79 Å². The Labute approximate surface area is 113 Å². The summed E-state index contributed by atoms with van der Waals surface area (Å²) in [7, 11) is 3.32. The molecule has 0 aliphatic heterocycles. The minimum atomic E-state index is -0.0437. The molecule has 2 rings (SSSR count). The first-order chi connectivity index (χ1) is 9.08. The van der Waals surface area contributed by atoms with E-state index in [9.17, 15) is 4.79 Å². The van der Waals surface area contributed by atoms with Crippen LogP contribution in [0.5, 0.6) is 5.88 Å². The zero-order chi connectivity index (χ0) is 14.0. The lowest BCUT2D eigenvalue weighted by atomic mass is 10.0. The van der Waals surface area contributed by atoms with Crippen LogP contribution < -0.4 is 4.74 Å². The second-order valence-electron chi connectivity index (χ2n) is 4.48. The van der Waals surface area contributed by atoms with Crippen molar-refractivity contribution in [3.8, 4) is 5.88 Å². The van der Waals surface area contributed by atoms with E-state index < -0.39 is 0 Å². The summed E-state index contributed by atoms with van der Waals surface area (Å²) in [6, 6.07) is 7.68. The SMILES string of the molecule is CCc1cccc(C(=O)c2c(C)nn(C)c2OC)c1. The van der Waals surface area contributed by atoms with Crippen LogP contribution in [0.1, 0.15) is 34.1 Å². The second-order valence-corrected chi connectivity index (χ2v) is 4.48. The Morgan fingerprint density at radius 2 is 2.16 bits per heavy atom. The van der Waals surface area contributed by atoms with Crippen LogP contribution in [0.2, 0.25) is 0 Å². The average molecular weight is 258 g/mol. The van der Waals surface area contributed by atoms with Gasteiger partial charge in [0.1, 0.15) is 5.56 Å². The average Bonchev–Trinajstić information content (AvgIpc) is 2.71. The molecule has 0 bridgehead atoms. The van der Waals surface area contributed by atoms with Crippen molar-refractivity contribution in [3.63, 3.8) is 0 Å². The Morgan fingerprint density at radius 1 is 1.42 bits per heavy atom. The number of aromatic nitrogens is 2. The molecule has 0 aliphatic rings. The molecule has 2 aromatic rings. The van der Waals surface area contributed by atoms with Gasteiger partial charge in [0.05, 0.1) is 12.8 Å².